The Balaban J connectivity index is 4.91. The third-order valence-corrected chi connectivity index (χ3v) is 2.86. The molecule has 0 fully saturated rings. The van der Waals surface area contributed by atoms with Crippen molar-refractivity contribution in [1.29, 1.82) is 5.26 Å². The van der Waals surface area contributed by atoms with E-state index in [9.17, 15) is 15.2 Å². The largest absolute Gasteiger partial charge is 0.392 e. The van der Waals surface area contributed by atoms with Crippen LogP contribution in [0, 0.1) is 16.7 Å². The summed E-state index contributed by atoms with van der Waals surface area (Å²) < 4.78 is 0. The second-order valence-corrected chi connectivity index (χ2v) is 4.73. The van der Waals surface area contributed by atoms with Crippen LogP contribution in [0.3, 0.4) is 0 Å². The molecule has 0 spiro atoms. The third kappa shape index (κ3) is 4.35. The predicted molar refractivity (Wildman–Crippen MR) is 67.2 cm³/mol. The van der Waals surface area contributed by atoms with Crippen molar-refractivity contribution in [1.82, 2.24) is 4.90 Å². The summed E-state index contributed by atoms with van der Waals surface area (Å²) in [6, 6.07) is 2.20. The summed E-state index contributed by atoms with van der Waals surface area (Å²) >= 11 is 0. The molecule has 4 heteroatoms. The minimum Gasteiger partial charge on any atom is -0.392 e. The van der Waals surface area contributed by atoms with Gasteiger partial charge < -0.3 is 10.0 Å². The molecule has 98 valence electrons. The van der Waals surface area contributed by atoms with Crippen LogP contribution in [0.5, 0.6) is 0 Å². The lowest BCUT2D eigenvalue weighted by Gasteiger charge is -2.30. The molecule has 1 atom stereocenters. The van der Waals surface area contributed by atoms with Crippen LogP contribution in [-0.4, -0.2) is 35.6 Å². The van der Waals surface area contributed by atoms with Crippen LogP contribution in [0.25, 0.3) is 0 Å². The first-order valence-corrected chi connectivity index (χ1v) is 6.28. The summed E-state index contributed by atoms with van der Waals surface area (Å²) in [4.78, 5) is 13.8. The van der Waals surface area contributed by atoms with Crippen LogP contribution in [0.4, 0.5) is 0 Å². The number of carbonyl (C=O) groups excluding carboxylic acids is 1. The second kappa shape index (κ2) is 7.29. The molecule has 0 saturated carbocycles. The van der Waals surface area contributed by atoms with Gasteiger partial charge in [-0.2, -0.15) is 5.26 Å². The van der Waals surface area contributed by atoms with Gasteiger partial charge in [-0.1, -0.05) is 26.7 Å². The Morgan fingerprint density at radius 3 is 2.18 bits per heavy atom. The molecule has 0 aromatic carbocycles. The number of rotatable bonds is 7. The molecule has 0 aromatic heterocycles. The molecule has 17 heavy (non-hydrogen) atoms. The number of hydrogen-bond acceptors (Lipinski definition) is 3. The van der Waals surface area contributed by atoms with Gasteiger partial charge in [-0.3, -0.25) is 4.79 Å². The van der Waals surface area contributed by atoms with E-state index >= 15 is 0 Å². The first-order chi connectivity index (χ1) is 7.93. The third-order valence-electron chi connectivity index (χ3n) is 2.86. The van der Waals surface area contributed by atoms with Gasteiger partial charge in [0.2, 0.25) is 5.91 Å². The molecule has 0 saturated heterocycles. The van der Waals surface area contributed by atoms with E-state index in [1.54, 1.807) is 14.0 Å². The fraction of sp³-hybridized carbons (Fsp3) is 0.846. The topological polar surface area (TPSA) is 64.3 Å². The molecular formula is C13H24N2O2. The monoisotopic (exact) mass is 240 g/mol. The summed E-state index contributed by atoms with van der Waals surface area (Å²) in [5.74, 6) is -0.162. The van der Waals surface area contributed by atoms with Crippen molar-refractivity contribution in [2.24, 2.45) is 5.41 Å². The second-order valence-electron chi connectivity index (χ2n) is 4.73. The zero-order valence-electron chi connectivity index (χ0n) is 11.4. The summed E-state index contributed by atoms with van der Waals surface area (Å²) in [6.45, 7) is 5.86. The Bertz CT molecular complexity index is 276. The summed E-state index contributed by atoms with van der Waals surface area (Å²) in [7, 11) is 1.65. The van der Waals surface area contributed by atoms with E-state index in [1.807, 2.05) is 13.8 Å². The molecule has 1 unspecified atom stereocenters. The highest BCUT2D eigenvalue weighted by Gasteiger charge is 2.39. The van der Waals surface area contributed by atoms with Crippen LogP contribution in [0.1, 0.15) is 46.5 Å². The van der Waals surface area contributed by atoms with Crippen LogP contribution >= 0.6 is 0 Å². The standard InChI is InChI=1S/C13H24N2O2/c1-5-7-13(10-14,8-6-2)12(17)15(4)9-11(3)16/h11,16H,5-9H2,1-4H3. The molecule has 0 heterocycles. The van der Waals surface area contributed by atoms with Crippen LogP contribution in [-0.2, 0) is 4.79 Å². The van der Waals surface area contributed by atoms with Gasteiger partial charge >= 0.3 is 0 Å². The van der Waals surface area contributed by atoms with E-state index in [2.05, 4.69) is 6.07 Å². The van der Waals surface area contributed by atoms with Gasteiger partial charge in [-0.15, -0.1) is 0 Å². The van der Waals surface area contributed by atoms with E-state index in [4.69, 9.17) is 0 Å². The SMILES string of the molecule is CCCC(C#N)(CCC)C(=O)N(C)CC(C)O. The number of carbonyl (C=O) groups is 1. The quantitative estimate of drug-likeness (QED) is 0.739. The van der Waals surface area contributed by atoms with Gasteiger partial charge in [0.15, 0.2) is 0 Å². The van der Waals surface area contributed by atoms with Gasteiger partial charge in [0.1, 0.15) is 5.41 Å². The van der Waals surface area contributed by atoms with Gasteiger partial charge in [-0.25, -0.2) is 0 Å². The smallest absolute Gasteiger partial charge is 0.242 e. The summed E-state index contributed by atoms with van der Waals surface area (Å²) in [6.07, 6.45) is 2.22. The Morgan fingerprint density at radius 1 is 1.41 bits per heavy atom. The van der Waals surface area contributed by atoms with Gasteiger partial charge in [0.05, 0.1) is 12.2 Å². The minimum atomic E-state index is -0.910. The zero-order valence-corrected chi connectivity index (χ0v) is 11.4. The number of aliphatic hydroxyl groups excluding tert-OH is 1. The van der Waals surface area contributed by atoms with Gasteiger partial charge in [0, 0.05) is 13.6 Å². The fourth-order valence-corrected chi connectivity index (χ4v) is 2.20. The van der Waals surface area contributed by atoms with E-state index in [-0.39, 0.29) is 12.5 Å². The maximum Gasteiger partial charge on any atom is 0.242 e. The molecule has 0 rings (SSSR count). The Hall–Kier alpha value is -1.08. The lowest BCUT2D eigenvalue weighted by Crippen LogP contribution is -2.43. The van der Waals surface area contributed by atoms with Gasteiger partial charge in [-0.05, 0) is 19.8 Å². The predicted octanol–water partition coefficient (Wildman–Crippen LogP) is 1.94. The number of likely N-dealkylation sites (N-methyl/N-ethyl adjacent to an activating group) is 1. The van der Waals surface area contributed by atoms with E-state index < -0.39 is 11.5 Å². The minimum absolute atomic E-state index is 0.162. The Morgan fingerprint density at radius 2 is 1.88 bits per heavy atom. The van der Waals surface area contributed by atoms with Gasteiger partial charge in [0.25, 0.3) is 0 Å². The maximum absolute atomic E-state index is 12.3. The zero-order chi connectivity index (χ0) is 13.5. The molecule has 1 N–H and O–H groups in total. The van der Waals surface area contributed by atoms with Crippen molar-refractivity contribution in [3.05, 3.63) is 0 Å². The van der Waals surface area contributed by atoms with E-state index in [1.165, 1.54) is 4.90 Å². The highest BCUT2D eigenvalue weighted by atomic mass is 16.3. The molecule has 1 amide bonds. The van der Waals surface area contributed by atoms with Crippen LogP contribution < -0.4 is 0 Å². The molecule has 4 nitrogen and oxygen atoms in total. The molecule has 0 aliphatic carbocycles. The highest BCUT2D eigenvalue weighted by Crippen LogP contribution is 2.31. The highest BCUT2D eigenvalue weighted by molar-refractivity contribution is 5.85. The van der Waals surface area contributed by atoms with Crippen molar-refractivity contribution < 1.29 is 9.90 Å². The molecule has 0 aliphatic heterocycles. The first kappa shape index (κ1) is 15.9. The van der Waals surface area contributed by atoms with E-state index in [0.717, 1.165) is 12.8 Å². The Kier molecular flexibility index (Phi) is 6.82. The number of nitrogens with zero attached hydrogens (tertiary/aromatic N) is 2. The number of hydrogen-bond donors (Lipinski definition) is 1. The summed E-state index contributed by atoms with van der Waals surface area (Å²) in [5.41, 5.74) is -0.910. The summed E-state index contributed by atoms with van der Waals surface area (Å²) in [5, 5.41) is 18.6. The Labute approximate surface area is 104 Å². The average molecular weight is 240 g/mol. The van der Waals surface area contributed by atoms with Crippen LogP contribution in [0.2, 0.25) is 0 Å². The number of aliphatic hydroxyl groups is 1. The van der Waals surface area contributed by atoms with Crippen molar-refractivity contribution in [2.75, 3.05) is 13.6 Å². The van der Waals surface area contributed by atoms with Crippen molar-refractivity contribution in [3.8, 4) is 6.07 Å². The number of amides is 1. The first-order valence-electron chi connectivity index (χ1n) is 6.28. The molecule has 0 aliphatic rings. The molecule has 0 bridgehead atoms. The molecular weight excluding hydrogens is 216 g/mol. The normalized spacial score (nSPS) is 12.9. The van der Waals surface area contributed by atoms with Crippen molar-refractivity contribution in [2.45, 2.75) is 52.6 Å². The lowest BCUT2D eigenvalue weighted by atomic mass is 9.79. The van der Waals surface area contributed by atoms with E-state index in [0.29, 0.717) is 12.8 Å². The molecule has 0 radical (unpaired) electrons. The average Bonchev–Trinajstić information content (AvgIpc) is 2.26. The number of nitriles is 1. The van der Waals surface area contributed by atoms with Crippen molar-refractivity contribution >= 4 is 5.91 Å². The lowest BCUT2D eigenvalue weighted by molar-refractivity contribution is -0.139. The van der Waals surface area contributed by atoms with Crippen molar-refractivity contribution in [3.63, 3.8) is 0 Å². The fourth-order valence-electron chi connectivity index (χ4n) is 2.20. The van der Waals surface area contributed by atoms with Crippen LogP contribution in [0.15, 0.2) is 0 Å². The molecule has 0 aromatic rings. The maximum atomic E-state index is 12.3.